The average Bonchev–Trinajstić information content (AvgIpc) is 3.22. The van der Waals surface area contributed by atoms with E-state index in [0.717, 1.165) is 11.1 Å². The largest absolute Gasteiger partial charge is 0.391 e. The number of aliphatic hydroxyl groups is 1. The number of nitrogens with zero attached hydrogens (tertiary/aromatic N) is 3. The number of carbonyl (C=O) groups is 2. The molecule has 2 aromatic carbocycles. The van der Waals surface area contributed by atoms with Gasteiger partial charge in [-0.05, 0) is 30.5 Å². The number of hydrogen-bond donors (Lipinski definition) is 3. The van der Waals surface area contributed by atoms with Crippen molar-refractivity contribution in [3.63, 3.8) is 0 Å². The second kappa shape index (κ2) is 10.4. The maximum Gasteiger partial charge on any atom is 0.255 e. The van der Waals surface area contributed by atoms with Gasteiger partial charge in [0.1, 0.15) is 6.04 Å². The summed E-state index contributed by atoms with van der Waals surface area (Å²) >= 11 is 6.31. The molecule has 1 aliphatic rings. The lowest BCUT2D eigenvalue weighted by Gasteiger charge is -2.28. The van der Waals surface area contributed by atoms with Crippen LogP contribution in [-0.4, -0.2) is 51.0 Å². The number of carbonyl (C=O) groups excluding carboxylic acids is 2. The van der Waals surface area contributed by atoms with E-state index in [0.29, 0.717) is 40.8 Å². The second-order valence-electron chi connectivity index (χ2n) is 8.49. The first-order chi connectivity index (χ1) is 16.8. The van der Waals surface area contributed by atoms with E-state index in [-0.39, 0.29) is 11.8 Å². The maximum atomic E-state index is 13.3. The number of nitrogens with one attached hydrogen (secondary N) is 2. The van der Waals surface area contributed by atoms with Gasteiger partial charge in [0.2, 0.25) is 11.9 Å². The van der Waals surface area contributed by atoms with Crippen molar-refractivity contribution in [3.05, 3.63) is 76.4 Å². The van der Waals surface area contributed by atoms with Gasteiger partial charge < -0.3 is 20.6 Å². The molecule has 35 heavy (non-hydrogen) atoms. The Morgan fingerprint density at radius 1 is 1.23 bits per heavy atom. The highest BCUT2D eigenvalue weighted by molar-refractivity contribution is 6.33. The summed E-state index contributed by atoms with van der Waals surface area (Å²) in [4.78, 5) is 36.5. The number of amides is 2. The summed E-state index contributed by atoms with van der Waals surface area (Å²) < 4.78 is 0. The van der Waals surface area contributed by atoms with Gasteiger partial charge in [0.25, 0.3) is 5.91 Å². The molecule has 9 heteroatoms. The minimum absolute atomic E-state index is 0.240. The van der Waals surface area contributed by atoms with Crippen molar-refractivity contribution < 1.29 is 14.7 Å². The third kappa shape index (κ3) is 4.99. The Labute approximate surface area is 209 Å². The zero-order valence-corrected chi connectivity index (χ0v) is 20.6. The quantitative estimate of drug-likeness (QED) is 0.440. The molecule has 0 unspecified atom stereocenters. The first-order valence-corrected chi connectivity index (χ1v) is 11.9. The van der Waals surface area contributed by atoms with Crippen LogP contribution in [0.25, 0.3) is 11.3 Å². The van der Waals surface area contributed by atoms with Crippen LogP contribution in [0.2, 0.25) is 5.02 Å². The van der Waals surface area contributed by atoms with Gasteiger partial charge in [-0.15, -0.1) is 0 Å². The van der Waals surface area contributed by atoms with Crippen LogP contribution in [0.1, 0.15) is 47.8 Å². The first kappa shape index (κ1) is 24.6. The molecule has 4 rings (SSSR count). The number of benzene rings is 2. The van der Waals surface area contributed by atoms with E-state index in [9.17, 15) is 14.7 Å². The fourth-order valence-electron chi connectivity index (χ4n) is 4.19. The third-order valence-corrected chi connectivity index (χ3v) is 6.57. The van der Waals surface area contributed by atoms with Gasteiger partial charge >= 0.3 is 0 Å². The number of anilines is 1. The van der Waals surface area contributed by atoms with Crippen molar-refractivity contribution in [2.45, 2.75) is 45.0 Å². The average molecular weight is 494 g/mol. The van der Waals surface area contributed by atoms with Crippen LogP contribution in [0, 0.1) is 0 Å². The molecule has 182 valence electrons. The Morgan fingerprint density at radius 2 is 1.97 bits per heavy atom. The maximum absolute atomic E-state index is 13.3. The topological polar surface area (TPSA) is 107 Å². The molecule has 3 N–H and O–H groups in total. The van der Waals surface area contributed by atoms with E-state index in [1.165, 1.54) is 11.1 Å². The predicted octanol–water partition coefficient (Wildman–Crippen LogP) is 3.81. The molecule has 0 saturated carbocycles. The lowest BCUT2D eigenvalue weighted by Crippen LogP contribution is -2.48. The summed E-state index contributed by atoms with van der Waals surface area (Å²) in [5.41, 5.74) is 3.35. The van der Waals surface area contributed by atoms with Crippen LogP contribution >= 0.6 is 11.6 Å². The lowest BCUT2D eigenvalue weighted by atomic mass is 9.99. The highest BCUT2D eigenvalue weighted by atomic mass is 35.5. The van der Waals surface area contributed by atoms with E-state index in [2.05, 4.69) is 20.6 Å². The van der Waals surface area contributed by atoms with Crippen molar-refractivity contribution in [1.82, 2.24) is 20.2 Å². The van der Waals surface area contributed by atoms with Gasteiger partial charge in [-0.1, -0.05) is 61.0 Å². The van der Waals surface area contributed by atoms with E-state index in [4.69, 9.17) is 11.6 Å². The summed E-state index contributed by atoms with van der Waals surface area (Å²) in [5, 5.41) is 16.7. The van der Waals surface area contributed by atoms with Crippen molar-refractivity contribution >= 4 is 29.4 Å². The predicted molar refractivity (Wildman–Crippen MR) is 135 cm³/mol. The fraction of sp³-hybridized carbons (Fsp3) is 0.308. The Morgan fingerprint density at radius 3 is 2.66 bits per heavy atom. The fourth-order valence-corrected chi connectivity index (χ4v) is 4.39. The number of aliphatic hydroxyl groups excluding tert-OH is 1. The van der Waals surface area contributed by atoms with Gasteiger partial charge in [-0.2, -0.15) is 0 Å². The molecule has 0 bridgehead atoms. The summed E-state index contributed by atoms with van der Waals surface area (Å²) in [5.74, 6) is -0.147. The number of halogens is 1. The number of fused-ring (bicyclic) bond motifs is 1. The van der Waals surface area contributed by atoms with Crippen molar-refractivity contribution in [2.24, 2.45) is 0 Å². The molecular weight excluding hydrogens is 466 g/mol. The molecule has 0 radical (unpaired) electrons. The molecule has 1 aromatic heterocycles. The molecule has 8 nitrogen and oxygen atoms in total. The highest BCUT2D eigenvalue weighted by Crippen LogP contribution is 2.32. The van der Waals surface area contributed by atoms with Crippen molar-refractivity contribution in [3.8, 4) is 11.3 Å². The second-order valence-corrected chi connectivity index (χ2v) is 8.90. The van der Waals surface area contributed by atoms with Crippen LogP contribution in [-0.2, 0) is 11.3 Å². The summed E-state index contributed by atoms with van der Waals surface area (Å²) in [6, 6.07) is 13.5. The zero-order valence-electron chi connectivity index (χ0n) is 19.8. The van der Waals surface area contributed by atoms with E-state index in [1.54, 1.807) is 20.0 Å². The zero-order chi connectivity index (χ0) is 25.1. The van der Waals surface area contributed by atoms with Gasteiger partial charge in [-0.25, -0.2) is 9.97 Å². The normalized spacial score (nSPS) is 15.3. The molecule has 2 amide bonds. The SMILES string of the molecule is CC[C@H](O)[C@@H](NC(=O)[C@@H](C)N1Cc2ccc(-c3nc(NC)ncc3Cl)cc2C1=O)c1ccccc1. The minimum Gasteiger partial charge on any atom is -0.391 e. The molecule has 3 atom stereocenters. The summed E-state index contributed by atoms with van der Waals surface area (Å²) in [6.45, 7) is 3.87. The molecule has 2 heterocycles. The van der Waals surface area contributed by atoms with Gasteiger partial charge in [0.05, 0.1) is 29.1 Å². The van der Waals surface area contributed by atoms with Crippen LogP contribution in [0.4, 0.5) is 5.95 Å². The van der Waals surface area contributed by atoms with E-state index >= 15 is 0 Å². The van der Waals surface area contributed by atoms with Crippen LogP contribution in [0.3, 0.4) is 0 Å². The van der Waals surface area contributed by atoms with Crippen LogP contribution in [0.5, 0.6) is 0 Å². The molecule has 1 aliphatic heterocycles. The molecule has 0 spiro atoms. The number of aromatic nitrogens is 2. The monoisotopic (exact) mass is 493 g/mol. The standard InChI is InChI=1S/C26H28ClN5O3/c1-4-21(33)23(16-8-6-5-7-9-16)30-24(34)15(2)32-14-18-11-10-17(12-19(18)25(32)35)22-20(27)13-29-26(28-3)31-22/h5-13,15,21,23,33H,4,14H2,1-3H3,(H,30,34)(H,28,29,31)/t15-,21+,23+/m1/s1. The highest BCUT2D eigenvalue weighted by Gasteiger charge is 2.35. The van der Waals surface area contributed by atoms with E-state index in [1.807, 2.05) is 49.4 Å². The summed E-state index contributed by atoms with van der Waals surface area (Å²) in [7, 11) is 1.71. The number of hydrogen-bond acceptors (Lipinski definition) is 6. The smallest absolute Gasteiger partial charge is 0.255 e. The Bertz CT molecular complexity index is 1240. The summed E-state index contributed by atoms with van der Waals surface area (Å²) in [6.07, 6.45) is 1.24. The molecule has 0 saturated heterocycles. The minimum atomic E-state index is -0.748. The van der Waals surface area contributed by atoms with E-state index < -0.39 is 18.2 Å². The third-order valence-electron chi connectivity index (χ3n) is 6.29. The van der Waals surface area contributed by atoms with Crippen LogP contribution in [0.15, 0.2) is 54.7 Å². The van der Waals surface area contributed by atoms with Gasteiger partial charge in [-0.3, -0.25) is 9.59 Å². The molecule has 0 fully saturated rings. The Kier molecular flexibility index (Phi) is 7.33. The molecular formula is C26H28ClN5O3. The van der Waals surface area contributed by atoms with Crippen LogP contribution < -0.4 is 10.6 Å². The lowest BCUT2D eigenvalue weighted by molar-refractivity contribution is -0.126. The first-order valence-electron chi connectivity index (χ1n) is 11.5. The number of rotatable bonds is 8. The van der Waals surface area contributed by atoms with Crippen molar-refractivity contribution in [1.29, 1.82) is 0 Å². The molecule has 3 aromatic rings. The van der Waals surface area contributed by atoms with Gasteiger partial charge in [0.15, 0.2) is 0 Å². The van der Waals surface area contributed by atoms with Crippen molar-refractivity contribution in [2.75, 3.05) is 12.4 Å². The molecule has 0 aliphatic carbocycles. The van der Waals surface area contributed by atoms with Gasteiger partial charge in [0, 0.05) is 24.7 Å². The Balaban J connectivity index is 1.54. The Hall–Kier alpha value is -3.49.